The molecule has 0 atom stereocenters. The van der Waals surface area contributed by atoms with Gasteiger partial charge in [-0.2, -0.15) is 0 Å². The van der Waals surface area contributed by atoms with Crippen molar-refractivity contribution in [1.82, 2.24) is 14.5 Å². The Bertz CT molecular complexity index is 912. The van der Waals surface area contributed by atoms with Crippen LogP contribution in [0.1, 0.15) is 22.8 Å². The molecule has 0 N–H and O–H groups in total. The van der Waals surface area contributed by atoms with Crippen molar-refractivity contribution in [1.29, 1.82) is 0 Å². The van der Waals surface area contributed by atoms with E-state index >= 15 is 0 Å². The molecular weight excluding hydrogens is 306 g/mol. The molecule has 0 saturated heterocycles. The van der Waals surface area contributed by atoms with Gasteiger partial charge in [-0.1, -0.05) is 0 Å². The highest BCUT2D eigenvalue weighted by Gasteiger charge is 2.16. The van der Waals surface area contributed by atoms with E-state index in [1.807, 2.05) is 19.1 Å². The molecule has 0 bridgehead atoms. The lowest BCUT2D eigenvalue weighted by Crippen LogP contribution is -2.32. The Hall–Kier alpha value is -2.89. The van der Waals surface area contributed by atoms with E-state index in [1.165, 1.54) is 4.57 Å². The summed E-state index contributed by atoms with van der Waals surface area (Å²) < 4.78 is 6.58. The summed E-state index contributed by atoms with van der Waals surface area (Å²) in [6.45, 7) is 3.18. The Morgan fingerprint density at radius 1 is 1.25 bits per heavy atom. The summed E-state index contributed by atoms with van der Waals surface area (Å²) in [7, 11) is 1.64. The molecule has 0 aliphatic heterocycles. The minimum Gasteiger partial charge on any atom is -0.408 e. The van der Waals surface area contributed by atoms with Crippen molar-refractivity contribution in [3.8, 4) is 0 Å². The van der Waals surface area contributed by atoms with E-state index in [2.05, 4.69) is 4.98 Å². The summed E-state index contributed by atoms with van der Waals surface area (Å²) >= 11 is 0. The monoisotopic (exact) mass is 325 g/mol. The van der Waals surface area contributed by atoms with E-state index in [0.717, 1.165) is 12.0 Å². The van der Waals surface area contributed by atoms with Crippen LogP contribution < -0.4 is 5.76 Å². The van der Waals surface area contributed by atoms with Crippen molar-refractivity contribution < 1.29 is 9.21 Å². The maximum Gasteiger partial charge on any atom is 0.419 e. The van der Waals surface area contributed by atoms with Gasteiger partial charge in [0.25, 0.3) is 5.91 Å². The molecule has 124 valence electrons. The predicted octanol–water partition coefficient (Wildman–Crippen LogP) is 2.23. The Balaban J connectivity index is 1.79. The third-order valence-electron chi connectivity index (χ3n) is 4.13. The maximum absolute atomic E-state index is 12.7. The van der Waals surface area contributed by atoms with Crippen molar-refractivity contribution >= 4 is 17.0 Å². The van der Waals surface area contributed by atoms with Crippen molar-refractivity contribution in [2.45, 2.75) is 13.3 Å². The Labute approximate surface area is 139 Å². The van der Waals surface area contributed by atoms with Gasteiger partial charge in [-0.05, 0) is 49.2 Å². The van der Waals surface area contributed by atoms with Gasteiger partial charge < -0.3 is 9.32 Å². The SMILES string of the molecule is CCN(CCc1ccncc1)C(=O)c1ccc2c(c1)oc(=O)n2C. The maximum atomic E-state index is 12.7. The number of nitrogens with zero attached hydrogens (tertiary/aromatic N) is 3. The minimum atomic E-state index is -0.431. The molecule has 6 heteroatoms. The number of aryl methyl sites for hydroxylation is 1. The van der Waals surface area contributed by atoms with E-state index in [-0.39, 0.29) is 5.91 Å². The zero-order valence-electron chi connectivity index (χ0n) is 13.7. The number of likely N-dealkylation sites (N-methyl/N-ethyl adjacent to an activating group) is 1. The molecule has 0 fully saturated rings. The van der Waals surface area contributed by atoms with Crippen LogP contribution in [0.5, 0.6) is 0 Å². The molecule has 0 unspecified atom stereocenters. The van der Waals surface area contributed by atoms with Crippen LogP contribution in [0.4, 0.5) is 0 Å². The number of fused-ring (bicyclic) bond motifs is 1. The summed E-state index contributed by atoms with van der Waals surface area (Å²) in [5, 5.41) is 0. The second-order valence-corrected chi connectivity index (χ2v) is 5.60. The lowest BCUT2D eigenvalue weighted by Gasteiger charge is -2.21. The smallest absolute Gasteiger partial charge is 0.408 e. The molecule has 0 aliphatic carbocycles. The molecule has 0 radical (unpaired) electrons. The number of pyridine rings is 1. The van der Waals surface area contributed by atoms with Gasteiger partial charge in [-0.15, -0.1) is 0 Å². The van der Waals surface area contributed by atoms with Crippen LogP contribution >= 0.6 is 0 Å². The Kier molecular flexibility index (Phi) is 4.46. The van der Waals surface area contributed by atoms with E-state index in [9.17, 15) is 9.59 Å². The number of amides is 1. The van der Waals surface area contributed by atoms with Crippen LogP contribution in [0.3, 0.4) is 0 Å². The van der Waals surface area contributed by atoms with E-state index < -0.39 is 5.76 Å². The van der Waals surface area contributed by atoms with Crippen molar-refractivity contribution in [2.75, 3.05) is 13.1 Å². The van der Waals surface area contributed by atoms with Gasteiger partial charge in [0.2, 0.25) is 0 Å². The Morgan fingerprint density at radius 3 is 2.71 bits per heavy atom. The Morgan fingerprint density at radius 2 is 2.00 bits per heavy atom. The number of carbonyl (C=O) groups is 1. The topological polar surface area (TPSA) is 68.3 Å². The molecule has 2 heterocycles. The average Bonchev–Trinajstić information content (AvgIpc) is 2.90. The fourth-order valence-electron chi connectivity index (χ4n) is 2.67. The highest BCUT2D eigenvalue weighted by atomic mass is 16.4. The number of oxazole rings is 1. The third-order valence-corrected chi connectivity index (χ3v) is 4.13. The van der Waals surface area contributed by atoms with Crippen LogP contribution in [0.15, 0.2) is 51.9 Å². The molecule has 3 aromatic rings. The van der Waals surface area contributed by atoms with E-state index in [0.29, 0.717) is 29.8 Å². The molecular formula is C18H19N3O3. The van der Waals surface area contributed by atoms with Crippen molar-refractivity contribution in [3.63, 3.8) is 0 Å². The quantitative estimate of drug-likeness (QED) is 0.721. The zero-order valence-corrected chi connectivity index (χ0v) is 13.7. The first kappa shape index (κ1) is 16.0. The number of carbonyl (C=O) groups excluding carboxylic acids is 1. The average molecular weight is 325 g/mol. The first-order valence-corrected chi connectivity index (χ1v) is 7.88. The van der Waals surface area contributed by atoms with Gasteiger partial charge in [0.1, 0.15) is 0 Å². The summed E-state index contributed by atoms with van der Waals surface area (Å²) in [6.07, 6.45) is 4.27. The van der Waals surface area contributed by atoms with E-state index in [4.69, 9.17) is 4.42 Å². The molecule has 3 rings (SSSR count). The van der Waals surface area contributed by atoms with Crippen LogP contribution in [-0.4, -0.2) is 33.4 Å². The molecule has 2 aromatic heterocycles. The molecule has 1 aromatic carbocycles. The van der Waals surface area contributed by atoms with Crippen LogP contribution in [0.25, 0.3) is 11.1 Å². The lowest BCUT2D eigenvalue weighted by molar-refractivity contribution is 0.0766. The zero-order chi connectivity index (χ0) is 17.1. The fourth-order valence-corrected chi connectivity index (χ4v) is 2.67. The van der Waals surface area contributed by atoms with Crippen LogP contribution in [0, 0.1) is 0 Å². The van der Waals surface area contributed by atoms with Gasteiger partial charge in [0, 0.05) is 38.1 Å². The van der Waals surface area contributed by atoms with Crippen LogP contribution in [-0.2, 0) is 13.5 Å². The molecule has 24 heavy (non-hydrogen) atoms. The van der Waals surface area contributed by atoms with Gasteiger partial charge in [0.05, 0.1) is 5.52 Å². The molecule has 6 nitrogen and oxygen atoms in total. The van der Waals surface area contributed by atoms with Gasteiger partial charge >= 0.3 is 5.76 Å². The lowest BCUT2D eigenvalue weighted by atomic mass is 10.1. The predicted molar refractivity (Wildman–Crippen MR) is 91.0 cm³/mol. The number of rotatable bonds is 5. The van der Waals surface area contributed by atoms with Crippen molar-refractivity contribution in [2.24, 2.45) is 7.05 Å². The second-order valence-electron chi connectivity index (χ2n) is 5.60. The number of hydrogen-bond donors (Lipinski definition) is 0. The molecule has 1 amide bonds. The number of benzene rings is 1. The first-order valence-electron chi connectivity index (χ1n) is 7.88. The van der Waals surface area contributed by atoms with Crippen LogP contribution in [0.2, 0.25) is 0 Å². The second kappa shape index (κ2) is 6.70. The summed E-state index contributed by atoms with van der Waals surface area (Å²) in [5.41, 5.74) is 2.77. The number of hydrogen-bond acceptors (Lipinski definition) is 4. The highest BCUT2D eigenvalue weighted by Crippen LogP contribution is 2.16. The third kappa shape index (κ3) is 3.08. The van der Waals surface area contributed by atoms with Crippen molar-refractivity contribution in [3.05, 3.63) is 64.4 Å². The minimum absolute atomic E-state index is 0.0695. The van der Waals surface area contributed by atoms with Gasteiger partial charge in [-0.25, -0.2) is 4.79 Å². The number of aromatic nitrogens is 2. The summed E-state index contributed by atoms with van der Waals surface area (Å²) in [5.74, 6) is -0.500. The summed E-state index contributed by atoms with van der Waals surface area (Å²) in [6, 6.07) is 9.00. The standard InChI is InChI=1S/C18H19N3O3/c1-3-21(11-8-13-6-9-19-10-7-13)17(22)14-4-5-15-16(12-14)24-18(23)20(15)2/h4-7,9-10,12H,3,8,11H2,1-2H3. The largest absolute Gasteiger partial charge is 0.419 e. The molecule has 0 spiro atoms. The highest BCUT2D eigenvalue weighted by molar-refractivity contribution is 5.97. The molecule has 0 saturated carbocycles. The van der Waals surface area contributed by atoms with E-state index in [1.54, 1.807) is 42.5 Å². The van der Waals surface area contributed by atoms with Gasteiger partial charge in [0.15, 0.2) is 5.58 Å². The molecule has 0 aliphatic rings. The summed E-state index contributed by atoms with van der Waals surface area (Å²) in [4.78, 5) is 30.1. The fraction of sp³-hybridized carbons (Fsp3) is 0.278. The van der Waals surface area contributed by atoms with Gasteiger partial charge in [-0.3, -0.25) is 14.3 Å². The normalized spacial score (nSPS) is 10.9. The first-order chi connectivity index (χ1) is 11.6.